The van der Waals surface area contributed by atoms with Gasteiger partial charge in [-0.05, 0) is 71.3 Å². The topological polar surface area (TPSA) is 165 Å². The number of carbonyl (C=O) groups is 2. The highest BCUT2D eigenvalue weighted by Crippen LogP contribution is 2.71. The highest BCUT2D eigenvalue weighted by atomic mass is 16.6. The van der Waals surface area contributed by atoms with E-state index in [-0.39, 0.29) is 31.5 Å². The minimum atomic E-state index is -2.08. The van der Waals surface area contributed by atoms with Crippen molar-refractivity contribution in [3.05, 3.63) is 23.3 Å². The maximum absolute atomic E-state index is 13.3. The third-order valence-corrected chi connectivity index (χ3v) is 11.8. The van der Waals surface area contributed by atoms with Gasteiger partial charge in [0.1, 0.15) is 28.5 Å². The van der Waals surface area contributed by atoms with Gasteiger partial charge in [-0.1, -0.05) is 18.6 Å². The third kappa shape index (κ3) is 2.85. The van der Waals surface area contributed by atoms with E-state index in [1.165, 1.54) is 13.0 Å². The lowest BCUT2D eigenvalue weighted by Crippen LogP contribution is -2.76. The van der Waals surface area contributed by atoms with Gasteiger partial charge in [-0.15, -0.1) is 0 Å². The Labute approximate surface area is 216 Å². The molecule has 9 nitrogen and oxygen atoms in total. The van der Waals surface area contributed by atoms with E-state index in [1.54, 1.807) is 33.8 Å². The Kier molecular flexibility index (Phi) is 5.64. The molecule has 1 aliphatic heterocycles. The number of hydrogen-bond acceptors (Lipinski definition) is 9. The average Bonchev–Trinajstić information content (AvgIpc) is 2.98. The Balaban J connectivity index is 1.59. The number of ether oxygens (including phenoxy) is 1. The van der Waals surface area contributed by atoms with Crippen molar-refractivity contribution in [3.8, 4) is 0 Å². The van der Waals surface area contributed by atoms with E-state index < -0.39 is 75.8 Å². The summed E-state index contributed by atoms with van der Waals surface area (Å²) in [6.07, 6.45) is -0.764. The summed E-state index contributed by atoms with van der Waals surface area (Å²) in [7, 11) is 0. The van der Waals surface area contributed by atoms with E-state index in [4.69, 9.17) is 4.74 Å². The highest BCUT2D eigenvalue weighted by Gasteiger charge is 2.81. The highest BCUT2D eigenvalue weighted by molar-refractivity contribution is 5.97. The number of cyclic esters (lactones) is 1. The standard InChI is InChI=1S/C28H40O9/c1-14-11-21(37-22(32)15(14)2)25(5,33)27(35)13-20(31)28(36)17-12-19(30)26(34)9-6-7-18(29)24(26,4)16(17)8-10-23(27,28)3/h6-7,16-17,19-21,30-31,33-36H,8-13H2,1-5H3/t16-,17+,19+,20-,21+,23+,24-,25-,26-,27-,28-/m0/s1. The summed E-state index contributed by atoms with van der Waals surface area (Å²) in [4.78, 5) is 25.7. The fraction of sp³-hybridized carbons (Fsp3) is 0.786. The first-order valence-electron chi connectivity index (χ1n) is 13.3. The first-order chi connectivity index (χ1) is 16.9. The summed E-state index contributed by atoms with van der Waals surface area (Å²) in [5.41, 5.74) is -9.56. The number of ketones is 1. The van der Waals surface area contributed by atoms with E-state index >= 15 is 0 Å². The van der Waals surface area contributed by atoms with Crippen LogP contribution in [0.15, 0.2) is 23.3 Å². The number of esters is 1. The quantitative estimate of drug-likeness (QED) is 0.287. The van der Waals surface area contributed by atoms with Crippen LogP contribution in [-0.4, -0.2) is 83.1 Å². The molecule has 0 aromatic rings. The number of rotatable bonds is 2. The molecule has 3 saturated carbocycles. The lowest BCUT2D eigenvalue weighted by atomic mass is 9.40. The molecule has 0 saturated heterocycles. The minimum Gasteiger partial charge on any atom is -0.455 e. The van der Waals surface area contributed by atoms with Gasteiger partial charge in [0, 0.05) is 23.8 Å². The summed E-state index contributed by atoms with van der Waals surface area (Å²) in [5, 5.41) is 70.8. The lowest BCUT2D eigenvalue weighted by Gasteiger charge is -2.66. The molecule has 0 aromatic carbocycles. The van der Waals surface area contributed by atoms with E-state index in [0.717, 1.165) is 5.57 Å². The number of carbonyl (C=O) groups excluding carboxylic acids is 2. The van der Waals surface area contributed by atoms with Gasteiger partial charge in [-0.2, -0.15) is 0 Å². The molecule has 5 rings (SSSR count). The number of aliphatic hydroxyl groups is 6. The average molecular weight is 521 g/mol. The van der Waals surface area contributed by atoms with Crippen LogP contribution in [0.1, 0.15) is 73.1 Å². The number of hydrogen-bond donors (Lipinski definition) is 6. The largest absolute Gasteiger partial charge is 0.455 e. The van der Waals surface area contributed by atoms with Crippen LogP contribution < -0.4 is 0 Å². The molecular formula is C28H40O9. The van der Waals surface area contributed by atoms with Crippen molar-refractivity contribution in [3.63, 3.8) is 0 Å². The molecule has 5 aliphatic rings. The first-order valence-corrected chi connectivity index (χ1v) is 13.3. The van der Waals surface area contributed by atoms with Crippen molar-refractivity contribution in [2.75, 3.05) is 0 Å². The second kappa shape index (κ2) is 7.73. The zero-order chi connectivity index (χ0) is 27.6. The molecule has 11 atom stereocenters. The van der Waals surface area contributed by atoms with E-state index in [0.29, 0.717) is 12.0 Å². The fourth-order valence-corrected chi connectivity index (χ4v) is 8.99. The molecule has 0 bridgehead atoms. The van der Waals surface area contributed by atoms with Gasteiger partial charge in [0.05, 0.1) is 17.6 Å². The van der Waals surface area contributed by atoms with Crippen LogP contribution in [0.25, 0.3) is 0 Å². The molecule has 0 spiro atoms. The van der Waals surface area contributed by atoms with E-state index in [1.807, 2.05) is 0 Å². The molecule has 6 N–H and O–H groups in total. The van der Waals surface area contributed by atoms with Gasteiger partial charge in [0.25, 0.3) is 0 Å². The van der Waals surface area contributed by atoms with Crippen LogP contribution in [0.2, 0.25) is 0 Å². The Morgan fingerprint density at radius 1 is 1.05 bits per heavy atom. The number of allylic oxidation sites excluding steroid dienone is 1. The molecule has 3 fully saturated rings. The van der Waals surface area contributed by atoms with Gasteiger partial charge in [-0.25, -0.2) is 4.79 Å². The number of aliphatic hydroxyl groups excluding tert-OH is 2. The van der Waals surface area contributed by atoms with Crippen LogP contribution in [0.4, 0.5) is 0 Å². The maximum Gasteiger partial charge on any atom is 0.334 e. The van der Waals surface area contributed by atoms with Gasteiger partial charge < -0.3 is 35.4 Å². The molecule has 0 unspecified atom stereocenters. The Morgan fingerprint density at radius 3 is 2.32 bits per heavy atom. The van der Waals surface area contributed by atoms with Crippen LogP contribution in [0, 0.1) is 22.7 Å². The molecule has 37 heavy (non-hydrogen) atoms. The predicted molar refractivity (Wildman–Crippen MR) is 131 cm³/mol. The van der Waals surface area contributed by atoms with Gasteiger partial charge >= 0.3 is 5.97 Å². The molecule has 0 radical (unpaired) electrons. The first kappa shape index (κ1) is 27.0. The normalized spacial score (nSPS) is 53.2. The third-order valence-electron chi connectivity index (χ3n) is 11.8. The maximum atomic E-state index is 13.3. The Morgan fingerprint density at radius 2 is 1.70 bits per heavy atom. The van der Waals surface area contributed by atoms with Gasteiger partial charge in [0.2, 0.25) is 0 Å². The van der Waals surface area contributed by atoms with Gasteiger partial charge in [0.15, 0.2) is 5.78 Å². The van der Waals surface area contributed by atoms with Crippen molar-refractivity contribution >= 4 is 11.8 Å². The van der Waals surface area contributed by atoms with E-state index in [9.17, 15) is 40.2 Å². The summed E-state index contributed by atoms with van der Waals surface area (Å²) < 4.78 is 5.55. The Hall–Kier alpha value is -1.62. The van der Waals surface area contributed by atoms with Crippen molar-refractivity contribution in [1.29, 1.82) is 0 Å². The van der Waals surface area contributed by atoms with Crippen LogP contribution >= 0.6 is 0 Å². The molecule has 9 heteroatoms. The SMILES string of the molecule is CC1=C(C)C(=O)O[C@@H]([C@](C)(O)[C@]2(O)C[C@H](O)[C@@]3(O)[C@@H]4C[C@@H](O)[C@@]5(O)CC=CC(=O)[C@]5(C)[C@H]4CC[C@@]32C)C1. The predicted octanol–water partition coefficient (Wildman–Crippen LogP) is 0.680. The molecular weight excluding hydrogens is 480 g/mol. The minimum absolute atomic E-state index is 0.0846. The van der Waals surface area contributed by atoms with Crippen molar-refractivity contribution in [2.24, 2.45) is 22.7 Å². The molecule has 4 aliphatic carbocycles. The summed E-state index contributed by atoms with van der Waals surface area (Å²) in [6, 6.07) is 0. The molecule has 1 heterocycles. The summed E-state index contributed by atoms with van der Waals surface area (Å²) in [5.74, 6) is -2.37. The summed E-state index contributed by atoms with van der Waals surface area (Å²) in [6.45, 7) is 8.00. The smallest absolute Gasteiger partial charge is 0.334 e. The fourth-order valence-electron chi connectivity index (χ4n) is 8.99. The van der Waals surface area contributed by atoms with Gasteiger partial charge in [-0.3, -0.25) is 4.79 Å². The summed E-state index contributed by atoms with van der Waals surface area (Å²) >= 11 is 0. The number of fused-ring (bicyclic) bond motifs is 5. The van der Waals surface area contributed by atoms with Crippen LogP contribution in [0.3, 0.4) is 0 Å². The zero-order valence-corrected chi connectivity index (χ0v) is 22.2. The second-order valence-electron chi connectivity index (χ2n) is 13.0. The van der Waals surface area contributed by atoms with Crippen molar-refractivity contribution in [1.82, 2.24) is 0 Å². The van der Waals surface area contributed by atoms with Crippen LogP contribution in [-0.2, 0) is 14.3 Å². The van der Waals surface area contributed by atoms with E-state index in [2.05, 4.69) is 0 Å². The molecule has 0 aromatic heterocycles. The second-order valence-corrected chi connectivity index (χ2v) is 13.0. The lowest BCUT2D eigenvalue weighted by molar-refractivity contribution is -0.307. The van der Waals surface area contributed by atoms with Crippen LogP contribution in [0.5, 0.6) is 0 Å². The molecule has 0 amide bonds. The molecule has 206 valence electrons. The van der Waals surface area contributed by atoms with Crippen molar-refractivity contribution in [2.45, 2.75) is 114 Å². The zero-order valence-electron chi connectivity index (χ0n) is 22.2. The monoisotopic (exact) mass is 520 g/mol. The van der Waals surface area contributed by atoms with Crippen molar-refractivity contribution < 1.29 is 45.0 Å². The Bertz CT molecular complexity index is 1110.